The molecule has 0 spiro atoms. The van der Waals surface area contributed by atoms with E-state index in [4.69, 9.17) is 10.8 Å². The Morgan fingerprint density at radius 3 is 2.67 bits per heavy atom. The summed E-state index contributed by atoms with van der Waals surface area (Å²) >= 11 is 0. The summed E-state index contributed by atoms with van der Waals surface area (Å²) in [5.41, 5.74) is 5.80. The number of carboxylic acids is 1. The van der Waals surface area contributed by atoms with Crippen molar-refractivity contribution in [3.63, 3.8) is 0 Å². The number of nitrogens with one attached hydrogen (secondary N) is 1. The molecule has 0 aliphatic carbocycles. The number of carbonyl (C=O) groups excluding carboxylic acids is 1. The molecule has 1 rings (SSSR count). The first kappa shape index (κ1) is 14.8. The number of carboxylic acid groups (broad SMARTS) is 1. The van der Waals surface area contributed by atoms with E-state index in [2.05, 4.69) is 5.32 Å². The fraction of sp³-hybridized carbons (Fsp3) is 0.833. The highest BCUT2D eigenvalue weighted by Gasteiger charge is 2.26. The topological polar surface area (TPSA) is 95.7 Å². The van der Waals surface area contributed by atoms with Crippen molar-refractivity contribution in [1.82, 2.24) is 10.2 Å². The first-order valence-corrected chi connectivity index (χ1v) is 6.44. The lowest BCUT2D eigenvalue weighted by Crippen LogP contribution is -2.53. The largest absolute Gasteiger partial charge is 0.480 e. The predicted molar refractivity (Wildman–Crippen MR) is 68.2 cm³/mol. The molecule has 2 atom stereocenters. The van der Waals surface area contributed by atoms with Gasteiger partial charge < -0.3 is 21.1 Å². The van der Waals surface area contributed by atoms with Gasteiger partial charge in [0.05, 0.1) is 0 Å². The third-order valence-corrected chi connectivity index (χ3v) is 3.05. The Hall–Kier alpha value is -1.30. The van der Waals surface area contributed by atoms with Crippen LogP contribution in [0.15, 0.2) is 0 Å². The van der Waals surface area contributed by atoms with Crippen LogP contribution in [0.4, 0.5) is 4.79 Å². The van der Waals surface area contributed by atoms with Crippen LogP contribution in [0.25, 0.3) is 0 Å². The van der Waals surface area contributed by atoms with Crippen LogP contribution in [0.5, 0.6) is 0 Å². The summed E-state index contributed by atoms with van der Waals surface area (Å²) in [5.74, 6) is -0.770. The lowest BCUT2D eigenvalue weighted by molar-refractivity contribution is -0.139. The second-order valence-electron chi connectivity index (χ2n) is 5.32. The quantitative estimate of drug-likeness (QED) is 0.688. The highest BCUT2D eigenvalue weighted by Crippen LogP contribution is 2.10. The summed E-state index contributed by atoms with van der Waals surface area (Å²) in [7, 11) is 0. The van der Waals surface area contributed by atoms with E-state index in [1.54, 1.807) is 4.90 Å². The number of amides is 2. The van der Waals surface area contributed by atoms with Crippen LogP contribution in [0, 0.1) is 5.92 Å². The van der Waals surface area contributed by atoms with Crippen molar-refractivity contribution in [2.75, 3.05) is 13.1 Å². The molecular formula is C12H23N3O3. The van der Waals surface area contributed by atoms with Gasteiger partial charge in [0.25, 0.3) is 0 Å². The van der Waals surface area contributed by atoms with E-state index in [1.807, 2.05) is 13.8 Å². The average molecular weight is 257 g/mol. The Bertz CT molecular complexity index is 307. The highest BCUT2D eigenvalue weighted by atomic mass is 16.4. The van der Waals surface area contributed by atoms with E-state index < -0.39 is 12.0 Å². The van der Waals surface area contributed by atoms with Crippen LogP contribution in [0.2, 0.25) is 0 Å². The molecule has 18 heavy (non-hydrogen) atoms. The van der Waals surface area contributed by atoms with E-state index in [-0.39, 0.29) is 18.0 Å². The number of piperidine rings is 1. The minimum atomic E-state index is -0.988. The van der Waals surface area contributed by atoms with Crippen LogP contribution < -0.4 is 11.1 Å². The minimum Gasteiger partial charge on any atom is -0.480 e. The zero-order valence-corrected chi connectivity index (χ0v) is 11.1. The van der Waals surface area contributed by atoms with Gasteiger partial charge >= 0.3 is 12.0 Å². The maximum atomic E-state index is 11.9. The molecule has 4 N–H and O–H groups in total. The summed E-state index contributed by atoms with van der Waals surface area (Å²) in [4.78, 5) is 24.6. The maximum Gasteiger partial charge on any atom is 0.326 e. The summed E-state index contributed by atoms with van der Waals surface area (Å²) in [6.07, 6.45) is 2.22. The molecule has 0 aromatic heterocycles. The smallest absolute Gasteiger partial charge is 0.326 e. The SMILES string of the molecule is CC(C)C[C@H](NC(=O)N1CCCC(N)C1)C(=O)O. The monoisotopic (exact) mass is 257 g/mol. The first-order chi connectivity index (χ1) is 8.40. The average Bonchev–Trinajstić information content (AvgIpc) is 2.27. The van der Waals surface area contributed by atoms with Gasteiger partial charge in [0, 0.05) is 19.1 Å². The van der Waals surface area contributed by atoms with Gasteiger partial charge in [0.15, 0.2) is 0 Å². The second-order valence-corrected chi connectivity index (χ2v) is 5.32. The Morgan fingerprint density at radius 1 is 1.50 bits per heavy atom. The predicted octanol–water partition coefficient (Wildman–Crippen LogP) is 0.618. The molecule has 6 heteroatoms. The fourth-order valence-corrected chi connectivity index (χ4v) is 2.13. The summed E-state index contributed by atoms with van der Waals surface area (Å²) in [6, 6.07) is -1.15. The molecular weight excluding hydrogens is 234 g/mol. The van der Waals surface area contributed by atoms with Gasteiger partial charge in [0.1, 0.15) is 6.04 Å². The summed E-state index contributed by atoms with van der Waals surface area (Å²) in [5, 5.41) is 11.6. The highest BCUT2D eigenvalue weighted by molar-refractivity contribution is 5.82. The normalized spacial score (nSPS) is 21.8. The molecule has 1 saturated heterocycles. The van der Waals surface area contributed by atoms with E-state index >= 15 is 0 Å². The van der Waals surface area contributed by atoms with Crippen molar-refractivity contribution in [2.45, 2.75) is 45.2 Å². The molecule has 6 nitrogen and oxygen atoms in total. The molecule has 104 valence electrons. The van der Waals surface area contributed by atoms with Gasteiger partial charge in [-0.3, -0.25) is 0 Å². The van der Waals surface area contributed by atoms with Crippen molar-refractivity contribution in [1.29, 1.82) is 0 Å². The molecule has 1 unspecified atom stereocenters. The molecule has 1 aliphatic rings. The third kappa shape index (κ3) is 4.52. The van der Waals surface area contributed by atoms with Crippen LogP contribution in [-0.4, -0.2) is 47.2 Å². The van der Waals surface area contributed by atoms with E-state index in [9.17, 15) is 9.59 Å². The van der Waals surface area contributed by atoms with Crippen LogP contribution >= 0.6 is 0 Å². The first-order valence-electron chi connectivity index (χ1n) is 6.44. The molecule has 1 heterocycles. The molecule has 0 radical (unpaired) electrons. The number of urea groups is 1. The summed E-state index contributed by atoms with van der Waals surface area (Å²) < 4.78 is 0. The van der Waals surface area contributed by atoms with Crippen molar-refractivity contribution in [3.05, 3.63) is 0 Å². The fourth-order valence-electron chi connectivity index (χ4n) is 2.13. The van der Waals surface area contributed by atoms with Gasteiger partial charge in [-0.15, -0.1) is 0 Å². The molecule has 1 fully saturated rings. The van der Waals surface area contributed by atoms with Crippen molar-refractivity contribution < 1.29 is 14.7 Å². The molecule has 0 bridgehead atoms. The van der Waals surface area contributed by atoms with E-state index in [1.165, 1.54) is 0 Å². The summed E-state index contributed by atoms with van der Waals surface area (Å²) in [6.45, 7) is 5.01. The molecule has 0 aromatic rings. The lowest BCUT2D eigenvalue weighted by Gasteiger charge is -2.31. The van der Waals surface area contributed by atoms with Crippen LogP contribution in [0.1, 0.15) is 33.1 Å². The van der Waals surface area contributed by atoms with E-state index in [0.29, 0.717) is 19.5 Å². The van der Waals surface area contributed by atoms with Gasteiger partial charge in [-0.2, -0.15) is 0 Å². The number of nitrogens with zero attached hydrogens (tertiary/aromatic N) is 1. The van der Waals surface area contributed by atoms with Crippen molar-refractivity contribution in [3.8, 4) is 0 Å². The number of rotatable bonds is 4. The molecule has 0 saturated carbocycles. The van der Waals surface area contributed by atoms with Gasteiger partial charge in [-0.25, -0.2) is 9.59 Å². The molecule has 0 aromatic carbocycles. The van der Waals surface area contributed by atoms with Gasteiger partial charge in [-0.1, -0.05) is 13.8 Å². The zero-order valence-electron chi connectivity index (χ0n) is 11.1. The standard InChI is InChI=1S/C12H23N3O3/c1-8(2)6-10(11(16)17)14-12(18)15-5-3-4-9(13)7-15/h8-10H,3-7,13H2,1-2H3,(H,14,18)(H,16,17)/t9?,10-/m0/s1. The number of hydrogen-bond donors (Lipinski definition) is 3. The third-order valence-electron chi connectivity index (χ3n) is 3.05. The zero-order chi connectivity index (χ0) is 13.7. The molecule has 2 amide bonds. The van der Waals surface area contributed by atoms with Crippen LogP contribution in [0.3, 0.4) is 0 Å². The minimum absolute atomic E-state index is 0.00197. The van der Waals surface area contributed by atoms with Crippen molar-refractivity contribution in [2.24, 2.45) is 11.7 Å². The molecule has 1 aliphatic heterocycles. The maximum absolute atomic E-state index is 11.9. The van der Waals surface area contributed by atoms with Crippen LogP contribution in [-0.2, 0) is 4.79 Å². The number of likely N-dealkylation sites (tertiary alicyclic amines) is 1. The van der Waals surface area contributed by atoms with Crippen molar-refractivity contribution >= 4 is 12.0 Å². The second kappa shape index (κ2) is 6.58. The Morgan fingerprint density at radius 2 is 2.17 bits per heavy atom. The van der Waals surface area contributed by atoms with E-state index in [0.717, 1.165) is 12.8 Å². The number of carbonyl (C=O) groups is 2. The van der Waals surface area contributed by atoms with Gasteiger partial charge in [0.2, 0.25) is 0 Å². The number of aliphatic carboxylic acids is 1. The number of nitrogens with two attached hydrogens (primary N) is 1. The number of hydrogen-bond acceptors (Lipinski definition) is 3. The Kier molecular flexibility index (Phi) is 5.40. The Balaban J connectivity index is 2.52. The lowest BCUT2D eigenvalue weighted by atomic mass is 10.0. The Labute approximate surface area is 108 Å². The van der Waals surface area contributed by atoms with Gasteiger partial charge in [-0.05, 0) is 25.2 Å².